The zero-order chi connectivity index (χ0) is 29.5. The lowest BCUT2D eigenvalue weighted by Crippen LogP contribution is -2.59. The Morgan fingerprint density at radius 1 is 1.22 bits per heavy atom. The highest BCUT2D eigenvalue weighted by Crippen LogP contribution is 2.42. The average Bonchev–Trinajstić information content (AvgIpc) is 3.55. The van der Waals surface area contributed by atoms with Crippen molar-refractivity contribution >= 4 is 27.5 Å². The maximum Gasteiger partial charge on any atom is 0.471 e. The highest BCUT2D eigenvalue weighted by Gasteiger charge is 2.47. The van der Waals surface area contributed by atoms with E-state index in [1.165, 1.54) is 12.1 Å². The minimum absolute atomic E-state index is 0.0919. The summed E-state index contributed by atoms with van der Waals surface area (Å²) in [6, 6.07) is 10.2. The Morgan fingerprint density at radius 3 is 2.56 bits per heavy atom. The highest BCUT2D eigenvalue weighted by molar-refractivity contribution is 7.89. The van der Waals surface area contributed by atoms with E-state index in [-0.39, 0.29) is 36.6 Å². The van der Waals surface area contributed by atoms with Crippen LogP contribution in [0.25, 0.3) is 0 Å². The maximum atomic E-state index is 13.1. The number of benzene rings is 2. The number of piperazine rings is 1. The first-order valence-electron chi connectivity index (χ1n) is 13.2. The van der Waals surface area contributed by atoms with Gasteiger partial charge in [-0.1, -0.05) is 11.6 Å². The fourth-order valence-corrected chi connectivity index (χ4v) is 7.36. The number of sulfonamides is 1. The highest BCUT2D eigenvalue weighted by atomic mass is 35.5. The van der Waals surface area contributed by atoms with Gasteiger partial charge in [0.15, 0.2) is 0 Å². The van der Waals surface area contributed by atoms with E-state index in [2.05, 4.69) is 16.1 Å². The van der Waals surface area contributed by atoms with Crippen LogP contribution in [-0.4, -0.2) is 81.2 Å². The van der Waals surface area contributed by atoms with E-state index in [0.717, 1.165) is 17.0 Å². The summed E-state index contributed by atoms with van der Waals surface area (Å²) in [5, 5.41) is 13.2. The van der Waals surface area contributed by atoms with Gasteiger partial charge in [0, 0.05) is 43.3 Å². The molecule has 2 fully saturated rings. The zero-order valence-electron chi connectivity index (χ0n) is 22.1. The summed E-state index contributed by atoms with van der Waals surface area (Å²) in [5.41, 5.74) is 1.81. The minimum atomic E-state index is -4.95. The van der Waals surface area contributed by atoms with Crippen molar-refractivity contribution in [3.63, 3.8) is 0 Å². The van der Waals surface area contributed by atoms with Crippen molar-refractivity contribution in [3.05, 3.63) is 58.1 Å². The number of hydrogen-bond donors (Lipinski definition) is 2. The van der Waals surface area contributed by atoms with Gasteiger partial charge in [0.1, 0.15) is 11.9 Å². The van der Waals surface area contributed by atoms with Crippen LogP contribution in [0.15, 0.2) is 41.3 Å². The molecule has 14 heteroatoms. The second-order valence-corrected chi connectivity index (χ2v) is 12.7. The second-order valence-electron chi connectivity index (χ2n) is 10.6. The molecular formula is C27H29ClF3N5O4S. The molecule has 41 heavy (non-hydrogen) atoms. The standard InChI is InChI=1S/C27H29ClF3N5O4S/c1-16-15-35(8-9-36(16)26(37)27(29,30)31)24-12-22-17(13-32)10-18(28)11-23(22)25(24)40-20-2-4-21(5-3-20)41(38,39)34-19-6-7-33-14-19/h2-5,10-11,16,19,24-25,33-34H,6-9,12,14-15H2,1H3/t16-,19+,24+,25+/m1/s1. The van der Waals surface area contributed by atoms with E-state index in [4.69, 9.17) is 16.3 Å². The Kier molecular flexibility index (Phi) is 8.24. The molecule has 220 valence electrons. The number of fused-ring (bicyclic) bond motifs is 1. The quantitative estimate of drug-likeness (QED) is 0.516. The summed E-state index contributed by atoms with van der Waals surface area (Å²) < 4.78 is 74.0. The van der Waals surface area contributed by atoms with Gasteiger partial charge >= 0.3 is 12.1 Å². The van der Waals surface area contributed by atoms with E-state index in [9.17, 15) is 31.6 Å². The maximum absolute atomic E-state index is 13.1. The third-order valence-electron chi connectivity index (χ3n) is 7.85. The largest absolute Gasteiger partial charge is 0.484 e. The number of amides is 1. The van der Waals surface area contributed by atoms with Crippen LogP contribution in [0.3, 0.4) is 0 Å². The van der Waals surface area contributed by atoms with Crippen LogP contribution in [0.4, 0.5) is 13.2 Å². The fourth-order valence-electron chi connectivity index (χ4n) is 5.86. The lowest BCUT2D eigenvalue weighted by Gasteiger charge is -2.43. The minimum Gasteiger partial charge on any atom is -0.484 e. The Bertz CT molecular complexity index is 1460. The first kappa shape index (κ1) is 29.6. The molecule has 0 spiro atoms. The predicted octanol–water partition coefficient (Wildman–Crippen LogP) is 2.99. The van der Waals surface area contributed by atoms with Crippen LogP contribution >= 0.6 is 11.6 Å². The van der Waals surface area contributed by atoms with Crippen molar-refractivity contribution in [2.24, 2.45) is 0 Å². The first-order valence-corrected chi connectivity index (χ1v) is 15.1. The Balaban J connectivity index is 1.39. The number of ether oxygens (including phenoxy) is 1. The molecular weight excluding hydrogens is 583 g/mol. The number of nitrogens with one attached hydrogen (secondary N) is 2. The van der Waals surface area contributed by atoms with Gasteiger partial charge in [0.25, 0.3) is 0 Å². The number of carbonyl (C=O) groups is 1. The smallest absolute Gasteiger partial charge is 0.471 e. The molecule has 2 aromatic carbocycles. The molecule has 0 radical (unpaired) electrons. The molecule has 2 aromatic rings. The van der Waals surface area contributed by atoms with Crippen LogP contribution in [-0.2, 0) is 21.2 Å². The number of hydrogen-bond acceptors (Lipinski definition) is 7. The van der Waals surface area contributed by atoms with Gasteiger partial charge in [-0.15, -0.1) is 0 Å². The van der Waals surface area contributed by atoms with Gasteiger partial charge in [-0.2, -0.15) is 18.4 Å². The lowest BCUT2D eigenvalue weighted by atomic mass is 10.0. The molecule has 3 aliphatic rings. The Labute approximate surface area is 241 Å². The molecule has 0 bridgehead atoms. The SMILES string of the molecule is C[C@@H]1CN([C@H]2Cc3c(C#N)cc(Cl)cc3[C@@H]2Oc2ccc(S(=O)(=O)N[C@H]3CCNC3)cc2)CCN1C(=O)C(F)(F)F. The third kappa shape index (κ3) is 6.17. The van der Waals surface area contributed by atoms with Crippen molar-refractivity contribution in [1.29, 1.82) is 5.26 Å². The van der Waals surface area contributed by atoms with Crippen LogP contribution in [0.1, 0.15) is 36.1 Å². The van der Waals surface area contributed by atoms with Crippen molar-refractivity contribution in [2.75, 3.05) is 32.7 Å². The van der Waals surface area contributed by atoms with Crippen LogP contribution in [0, 0.1) is 11.3 Å². The van der Waals surface area contributed by atoms with E-state index >= 15 is 0 Å². The number of nitriles is 1. The molecule has 2 heterocycles. The fraction of sp³-hybridized carbons (Fsp3) is 0.481. The molecule has 1 aliphatic carbocycles. The summed E-state index contributed by atoms with van der Waals surface area (Å²) in [7, 11) is -3.73. The molecule has 0 saturated carbocycles. The third-order valence-corrected chi connectivity index (χ3v) is 9.60. The second kappa shape index (κ2) is 11.4. The van der Waals surface area contributed by atoms with E-state index in [0.29, 0.717) is 41.3 Å². The average molecular weight is 612 g/mol. The number of alkyl halides is 3. The molecule has 9 nitrogen and oxygen atoms in total. The monoisotopic (exact) mass is 611 g/mol. The number of halogens is 4. The van der Waals surface area contributed by atoms with E-state index in [1.807, 2.05) is 4.90 Å². The topological polar surface area (TPSA) is 115 Å². The molecule has 0 unspecified atom stereocenters. The van der Waals surface area contributed by atoms with Gasteiger partial charge in [-0.3, -0.25) is 9.69 Å². The normalized spacial score (nSPS) is 25.1. The Hall–Kier alpha value is -2.89. The molecule has 2 aliphatic heterocycles. The number of nitrogens with zero attached hydrogens (tertiary/aromatic N) is 3. The van der Waals surface area contributed by atoms with E-state index in [1.54, 1.807) is 31.2 Å². The van der Waals surface area contributed by atoms with Gasteiger partial charge in [-0.05, 0) is 73.8 Å². The molecule has 0 aromatic heterocycles. The first-order chi connectivity index (χ1) is 19.4. The summed E-state index contributed by atoms with van der Waals surface area (Å²) in [5.74, 6) is -1.48. The van der Waals surface area contributed by atoms with Crippen molar-refractivity contribution in [1.82, 2.24) is 19.8 Å². The molecule has 4 atom stereocenters. The summed E-state index contributed by atoms with van der Waals surface area (Å²) in [6.07, 6.45) is -4.50. The van der Waals surface area contributed by atoms with Gasteiger partial charge < -0.3 is 15.0 Å². The van der Waals surface area contributed by atoms with Gasteiger partial charge in [-0.25, -0.2) is 13.1 Å². The predicted molar refractivity (Wildman–Crippen MR) is 144 cm³/mol. The number of carbonyl (C=O) groups excluding carboxylic acids is 1. The number of rotatable bonds is 6. The molecule has 5 rings (SSSR count). The van der Waals surface area contributed by atoms with Gasteiger partial charge in [0.2, 0.25) is 10.0 Å². The van der Waals surface area contributed by atoms with E-state index < -0.39 is 34.3 Å². The summed E-state index contributed by atoms with van der Waals surface area (Å²) in [6.45, 7) is 3.12. The van der Waals surface area contributed by atoms with Crippen LogP contribution in [0.5, 0.6) is 5.75 Å². The van der Waals surface area contributed by atoms with Crippen molar-refractivity contribution in [3.8, 4) is 11.8 Å². The molecule has 1 amide bonds. The Morgan fingerprint density at radius 2 is 1.95 bits per heavy atom. The van der Waals surface area contributed by atoms with Crippen LogP contribution < -0.4 is 14.8 Å². The zero-order valence-corrected chi connectivity index (χ0v) is 23.7. The van der Waals surface area contributed by atoms with Gasteiger partial charge in [0.05, 0.1) is 22.6 Å². The lowest BCUT2D eigenvalue weighted by molar-refractivity contribution is -0.190. The molecule has 2 N–H and O–H groups in total. The summed E-state index contributed by atoms with van der Waals surface area (Å²) >= 11 is 6.32. The summed E-state index contributed by atoms with van der Waals surface area (Å²) in [4.78, 5) is 14.8. The van der Waals surface area contributed by atoms with Crippen molar-refractivity contribution in [2.45, 2.75) is 55.1 Å². The van der Waals surface area contributed by atoms with Crippen molar-refractivity contribution < 1.29 is 31.1 Å². The van der Waals surface area contributed by atoms with Crippen LogP contribution in [0.2, 0.25) is 5.02 Å². The molecule has 2 saturated heterocycles.